The number of imidazole rings is 1. The SMILES string of the molecule is CC(C)(C)[Si](OCc1ccc(-n2cnc3c(=O)[nH]cnc32)o1)(c1ccccc1)c1ccccc1. The van der Waals surface area contributed by atoms with Crippen molar-refractivity contribution < 1.29 is 8.84 Å². The van der Waals surface area contributed by atoms with E-state index in [4.69, 9.17) is 8.84 Å². The third-order valence-electron chi connectivity index (χ3n) is 6.07. The smallest absolute Gasteiger partial charge is 0.278 e. The molecule has 3 heterocycles. The maximum Gasteiger partial charge on any atom is 0.278 e. The van der Waals surface area contributed by atoms with Crippen molar-refractivity contribution in [3.05, 3.63) is 102 Å². The van der Waals surface area contributed by atoms with Crippen molar-refractivity contribution in [1.29, 1.82) is 0 Å². The molecule has 34 heavy (non-hydrogen) atoms. The summed E-state index contributed by atoms with van der Waals surface area (Å²) in [5.41, 5.74) is 0.423. The van der Waals surface area contributed by atoms with Gasteiger partial charge < -0.3 is 13.8 Å². The van der Waals surface area contributed by atoms with E-state index in [1.165, 1.54) is 16.7 Å². The monoisotopic (exact) mass is 470 g/mol. The molecule has 1 N–H and O–H groups in total. The van der Waals surface area contributed by atoms with Gasteiger partial charge in [-0.3, -0.25) is 9.36 Å². The van der Waals surface area contributed by atoms with Crippen molar-refractivity contribution in [2.45, 2.75) is 32.4 Å². The van der Waals surface area contributed by atoms with E-state index < -0.39 is 8.32 Å². The molecule has 0 spiro atoms. The zero-order valence-electron chi connectivity index (χ0n) is 19.4. The van der Waals surface area contributed by atoms with Crippen LogP contribution in [-0.4, -0.2) is 27.8 Å². The fraction of sp³-hybridized carbons (Fsp3) is 0.192. The average molecular weight is 471 g/mol. The number of benzene rings is 2. The van der Waals surface area contributed by atoms with Crippen LogP contribution >= 0.6 is 0 Å². The maximum atomic E-state index is 12.0. The number of fused-ring (bicyclic) bond motifs is 1. The van der Waals surface area contributed by atoms with E-state index in [0.29, 0.717) is 23.9 Å². The van der Waals surface area contributed by atoms with Crippen LogP contribution < -0.4 is 15.9 Å². The summed E-state index contributed by atoms with van der Waals surface area (Å²) in [5.74, 6) is 1.22. The van der Waals surface area contributed by atoms with Gasteiger partial charge in [-0.05, 0) is 21.5 Å². The molecule has 0 bridgehead atoms. The number of furan rings is 1. The summed E-state index contributed by atoms with van der Waals surface area (Å²) >= 11 is 0. The molecular formula is C26H26N4O3Si. The highest BCUT2D eigenvalue weighted by Crippen LogP contribution is 2.37. The van der Waals surface area contributed by atoms with Crippen molar-refractivity contribution in [1.82, 2.24) is 19.5 Å². The molecule has 0 saturated carbocycles. The lowest BCUT2D eigenvalue weighted by atomic mass is 10.2. The zero-order valence-corrected chi connectivity index (χ0v) is 20.4. The zero-order chi connectivity index (χ0) is 23.8. The lowest BCUT2D eigenvalue weighted by Crippen LogP contribution is -2.66. The first-order valence-electron chi connectivity index (χ1n) is 11.1. The van der Waals surface area contributed by atoms with Crippen molar-refractivity contribution in [3.8, 4) is 5.88 Å². The fourth-order valence-corrected chi connectivity index (χ4v) is 9.04. The predicted octanol–water partition coefficient (Wildman–Crippen LogP) is 3.78. The van der Waals surface area contributed by atoms with Crippen LogP contribution in [0.25, 0.3) is 17.0 Å². The molecule has 2 aromatic carbocycles. The van der Waals surface area contributed by atoms with Crippen LogP contribution in [0.3, 0.4) is 0 Å². The Kier molecular flexibility index (Phi) is 5.55. The summed E-state index contributed by atoms with van der Waals surface area (Å²) < 4.78 is 14.7. The molecule has 5 rings (SSSR count). The first-order chi connectivity index (χ1) is 16.4. The number of nitrogens with one attached hydrogen (secondary N) is 1. The highest BCUT2D eigenvalue weighted by atomic mass is 28.4. The van der Waals surface area contributed by atoms with Gasteiger partial charge in [-0.25, -0.2) is 9.97 Å². The molecule has 0 unspecified atom stereocenters. The summed E-state index contributed by atoms with van der Waals surface area (Å²) in [5, 5.41) is 2.30. The van der Waals surface area contributed by atoms with Crippen LogP contribution in [0.2, 0.25) is 5.04 Å². The van der Waals surface area contributed by atoms with E-state index >= 15 is 0 Å². The number of nitrogens with zero attached hydrogens (tertiary/aromatic N) is 3. The van der Waals surface area contributed by atoms with Crippen LogP contribution in [0.15, 0.2) is 94.7 Å². The van der Waals surface area contributed by atoms with Gasteiger partial charge in [-0.1, -0.05) is 81.4 Å². The number of H-pyrrole nitrogens is 1. The van der Waals surface area contributed by atoms with Gasteiger partial charge in [0, 0.05) is 6.07 Å². The highest BCUT2D eigenvalue weighted by molar-refractivity contribution is 6.99. The fourth-order valence-electron chi connectivity index (χ4n) is 4.52. The number of aromatic nitrogens is 4. The molecule has 3 aromatic heterocycles. The van der Waals surface area contributed by atoms with Crippen LogP contribution in [-0.2, 0) is 11.0 Å². The number of hydrogen-bond donors (Lipinski definition) is 1. The minimum absolute atomic E-state index is 0.128. The van der Waals surface area contributed by atoms with E-state index in [1.54, 1.807) is 10.9 Å². The highest BCUT2D eigenvalue weighted by Gasteiger charge is 2.50. The topological polar surface area (TPSA) is 85.9 Å². The van der Waals surface area contributed by atoms with E-state index in [9.17, 15) is 4.79 Å². The van der Waals surface area contributed by atoms with E-state index in [-0.39, 0.29) is 16.1 Å². The minimum atomic E-state index is -2.68. The lowest BCUT2D eigenvalue weighted by molar-refractivity contribution is 0.253. The molecule has 0 aliphatic carbocycles. The van der Waals surface area contributed by atoms with Gasteiger partial charge in [0.25, 0.3) is 13.9 Å². The van der Waals surface area contributed by atoms with Crippen molar-refractivity contribution in [2.24, 2.45) is 0 Å². The molecule has 0 radical (unpaired) electrons. The first-order valence-corrected chi connectivity index (χ1v) is 13.1. The minimum Gasteiger partial charge on any atom is -0.442 e. The molecule has 0 aliphatic rings. The normalized spacial score (nSPS) is 12.3. The Bertz CT molecular complexity index is 1430. The van der Waals surface area contributed by atoms with Gasteiger partial charge in [-0.2, -0.15) is 0 Å². The van der Waals surface area contributed by atoms with E-state index in [0.717, 1.165) is 0 Å². The second-order valence-electron chi connectivity index (χ2n) is 9.21. The summed E-state index contributed by atoms with van der Waals surface area (Å²) in [6.45, 7) is 7.04. The summed E-state index contributed by atoms with van der Waals surface area (Å²) in [6.07, 6.45) is 2.90. The van der Waals surface area contributed by atoms with Crippen molar-refractivity contribution >= 4 is 29.9 Å². The number of hydrogen-bond acceptors (Lipinski definition) is 5. The molecule has 5 aromatic rings. The van der Waals surface area contributed by atoms with Crippen molar-refractivity contribution in [3.63, 3.8) is 0 Å². The van der Waals surface area contributed by atoms with Gasteiger partial charge in [0.2, 0.25) is 5.88 Å². The van der Waals surface area contributed by atoms with Gasteiger partial charge in [-0.15, -0.1) is 0 Å². The second-order valence-corrected chi connectivity index (χ2v) is 13.5. The summed E-state index contributed by atoms with van der Waals surface area (Å²) in [7, 11) is -2.68. The summed E-state index contributed by atoms with van der Waals surface area (Å²) in [6, 6.07) is 24.7. The van der Waals surface area contributed by atoms with Crippen LogP contribution in [0.1, 0.15) is 26.5 Å². The van der Waals surface area contributed by atoms with Gasteiger partial charge >= 0.3 is 0 Å². The molecule has 8 heteroatoms. The Morgan fingerprint density at radius 2 is 1.59 bits per heavy atom. The Morgan fingerprint density at radius 1 is 0.941 bits per heavy atom. The molecular weight excluding hydrogens is 444 g/mol. The van der Waals surface area contributed by atoms with Gasteiger partial charge in [0.05, 0.1) is 12.9 Å². The standard InChI is InChI=1S/C26H26N4O3Si/c1-26(2,3)34(20-10-6-4-7-11-20,21-12-8-5-9-13-21)32-16-19-14-15-22(33-19)30-18-29-23-24(30)27-17-28-25(23)31/h4-15,17-18H,16H2,1-3H3,(H,27,28,31). The van der Waals surface area contributed by atoms with Gasteiger partial charge in [0.1, 0.15) is 12.1 Å². The largest absolute Gasteiger partial charge is 0.442 e. The summed E-state index contributed by atoms with van der Waals surface area (Å²) in [4.78, 5) is 22.9. The Balaban J connectivity index is 1.52. The molecule has 0 amide bonds. The molecule has 0 atom stereocenters. The molecule has 7 nitrogen and oxygen atoms in total. The van der Waals surface area contributed by atoms with Crippen LogP contribution in [0.4, 0.5) is 0 Å². The van der Waals surface area contributed by atoms with Crippen LogP contribution in [0, 0.1) is 0 Å². The van der Waals surface area contributed by atoms with Gasteiger partial charge in [0.15, 0.2) is 11.2 Å². The van der Waals surface area contributed by atoms with E-state index in [1.807, 2.05) is 24.3 Å². The average Bonchev–Trinajstić information content (AvgIpc) is 3.48. The molecule has 0 aliphatic heterocycles. The third kappa shape index (κ3) is 3.70. The Labute approximate surface area is 198 Å². The quantitative estimate of drug-likeness (QED) is 0.382. The molecule has 0 saturated heterocycles. The maximum absolute atomic E-state index is 12.0. The number of rotatable bonds is 6. The molecule has 0 fully saturated rings. The van der Waals surface area contributed by atoms with Crippen molar-refractivity contribution in [2.75, 3.05) is 0 Å². The first kappa shape index (κ1) is 22.1. The van der Waals surface area contributed by atoms with E-state index in [2.05, 4.69) is 84.3 Å². The molecule has 172 valence electrons. The van der Waals surface area contributed by atoms with Crippen LogP contribution in [0.5, 0.6) is 0 Å². The Morgan fingerprint density at radius 3 is 2.21 bits per heavy atom. The number of aromatic amines is 1. The lowest BCUT2D eigenvalue weighted by Gasteiger charge is -2.42. The predicted molar refractivity (Wildman–Crippen MR) is 134 cm³/mol. The third-order valence-corrected chi connectivity index (χ3v) is 11.1. The second kappa shape index (κ2) is 8.55. The Hall–Kier alpha value is -3.75.